The lowest BCUT2D eigenvalue weighted by molar-refractivity contribution is 0.0984. The number of thioether (sulfide) groups is 1. The van der Waals surface area contributed by atoms with Crippen molar-refractivity contribution in [3.63, 3.8) is 0 Å². The van der Waals surface area contributed by atoms with Gasteiger partial charge in [-0.1, -0.05) is 90.5 Å². The van der Waals surface area contributed by atoms with Gasteiger partial charge < -0.3 is 0 Å². The zero-order valence-electron chi connectivity index (χ0n) is 23.4. The Hall–Kier alpha value is -3.47. The molecule has 0 atom stereocenters. The van der Waals surface area contributed by atoms with Crippen LogP contribution >= 0.6 is 34.7 Å². The molecule has 43 heavy (non-hydrogen) atoms. The van der Waals surface area contributed by atoms with E-state index >= 15 is 0 Å². The van der Waals surface area contributed by atoms with Gasteiger partial charge in [0.1, 0.15) is 9.88 Å². The summed E-state index contributed by atoms with van der Waals surface area (Å²) in [7, 11) is -4.08. The Balaban J connectivity index is 1.26. The van der Waals surface area contributed by atoms with E-state index in [4.69, 9.17) is 11.6 Å². The summed E-state index contributed by atoms with van der Waals surface area (Å²) in [6.07, 6.45) is 0. The summed E-state index contributed by atoms with van der Waals surface area (Å²) >= 11 is 9.42. The highest BCUT2D eigenvalue weighted by molar-refractivity contribution is 7.99. The molecule has 0 fully saturated rings. The van der Waals surface area contributed by atoms with Gasteiger partial charge in [0.15, 0.2) is 0 Å². The number of benzene rings is 4. The minimum Gasteiger partial charge on any atom is -0.294 e. The summed E-state index contributed by atoms with van der Waals surface area (Å²) in [6.45, 7) is 3.77. The highest BCUT2D eigenvalue weighted by Gasteiger charge is 2.23. The molecule has 0 radical (unpaired) electrons. The van der Waals surface area contributed by atoms with E-state index in [1.54, 1.807) is 30.8 Å². The number of aromatic nitrogens is 1. The average molecular weight is 648 g/mol. The van der Waals surface area contributed by atoms with Gasteiger partial charge in [-0.3, -0.25) is 9.69 Å². The Labute approximate surface area is 265 Å². The summed E-state index contributed by atoms with van der Waals surface area (Å²) in [5.41, 5.74) is 3.34. The van der Waals surface area contributed by atoms with E-state index in [1.165, 1.54) is 28.4 Å². The third-order valence-corrected chi connectivity index (χ3v) is 10.6. The van der Waals surface area contributed by atoms with Gasteiger partial charge in [-0.25, -0.2) is 18.1 Å². The molecule has 1 amide bonds. The topological polar surface area (TPSA) is 79.4 Å². The molecule has 220 valence electrons. The minimum atomic E-state index is -4.08. The summed E-state index contributed by atoms with van der Waals surface area (Å²) in [5, 5.41) is 1.38. The Morgan fingerprint density at radius 2 is 1.53 bits per heavy atom. The molecule has 10 heteroatoms. The van der Waals surface area contributed by atoms with Crippen LogP contribution in [0.15, 0.2) is 119 Å². The Kier molecular flexibility index (Phi) is 10.3. The normalized spacial score (nSPS) is 11.5. The second-order valence-electron chi connectivity index (χ2n) is 9.84. The van der Waals surface area contributed by atoms with Crippen molar-refractivity contribution >= 4 is 50.6 Å². The molecule has 0 aliphatic rings. The van der Waals surface area contributed by atoms with Gasteiger partial charge in [0, 0.05) is 40.9 Å². The Morgan fingerprint density at radius 3 is 2.23 bits per heavy atom. The maximum Gasteiger partial charge on any atom is 0.277 e. The van der Waals surface area contributed by atoms with Crippen LogP contribution in [0.2, 0.25) is 5.02 Å². The molecule has 0 spiro atoms. The Bertz CT molecular complexity index is 1780. The van der Waals surface area contributed by atoms with Crippen molar-refractivity contribution in [3.8, 4) is 10.6 Å². The number of amides is 1. The maximum absolute atomic E-state index is 13.1. The molecular weight excluding hydrogens is 618 g/mol. The fourth-order valence-corrected chi connectivity index (χ4v) is 7.58. The highest BCUT2D eigenvalue weighted by atomic mass is 35.5. The second-order valence-corrected chi connectivity index (χ2v) is 14.1. The first-order valence-corrected chi connectivity index (χ1v) is 17.3. The molecular formula is C33H30ClN3O3S3. The lowest BCUT2D eigenvalue weighted by atomic mass is 10.1. The summed E-state index contributed by atoms with van der Waals surface area (Å²) in [5.74, 6) is 0.193. The standard InChI is InChI=1S/C33H30ClN3O3S3/c1-24-31(42-33(35-24)26-10-4-2-5-11-26)32(38)36-43(39,40)29-18-16-25(17-19-29)22-37(23-27-12-8-9-15-30(27)34)20-21-41-28-13-6-3-7-14-28/h2-19H,20-23H2,1H3,(H,36,38). The number of hydrogen-bond donors (Lipinski definition) is 1. The van der Waals surface area contributed by atoms with Crippen LogP contribution in [0.25, 0.3) is 10.6 Å². The van der Waals surface area contributed by atoms with Crippen molar-refractivity contribution in [1.82, 2.24) is 14.6 Å². The molecule has 1 N–H and O–H groups in total. The van der Waals surface area contributed by atoms with Gasteiger partial charge in [0.2, 0.25) is 0 Å². The van der Waals surface area contributed by atoms with E-state index in [1.807, 2.05) is 72.8 Å². The number of aryl methyl sites for hydroxylation is 1. The number of nitrogens with zero attached hydrogens (tertiary/aromatic N) is 2. The van der Waals surface area contributed by atoms with Gasteiger partial charge in [-0.15, -0.1) is 23.1 Å². The van der Waals surface area contributed by atoms with Crippen molar-refractivity contribution in [1.29, 1.82) is 0 Å². The zero-order valence-corrected chi connectivity index (χ0v) is 26.6. The number of carbonyl (C=O) groups is 1. The predicted octanol–water partition coefficient (Wildman–Crippen LogP) is 7.69. The fourth-order valence-electron chi connectivity index (χ4n) is 4.46. The van der Waals surface area contributed by atoms with Gasteiger partial charge in [-0.2, -0.15) is 0 Å². The number of hydrogen-bond acceptors (Lipinski definition) is 7. The molecule has 4 aromatic carbocycles. The van der Waals surface area contributed by atoms with E-state index < -0.39 is 15.9 Å². The maximum atomic E-state index is 13.1. The molecule has 0 saturated heterocycles. The van der Waals surface area contributed by atoms with Crippen LogP contribution < -0.4 is 4.72 Å². The summed E-state index contributed by atoms with van der Waals surface area (Å²) in [6, 6.07) is 34.2. The van der Waals surface area contributed by atoms with E-state index in [0.29, 0.717) is 28.8 Å². The molecule has 1 heterocycles. The van der Waals surface area contributed by atoms with Gasteiger partial charge in [-0.05, 0) is 48.4 Å². The smallest absolute Gasteiger partial charge is 0.277 e. The molecule has 6 nitrogen and oxygen atoms in total. The molecule has 0 unspecified atom stereocenters. The zero-order chi connectivity index (χ0) is 30.2. The number of rotatable bonds is 12. The van der Waals surface area contributed by atoms with E-state index in [0.717, 1.165) is 29.0 Å². The third-order valence-electron chi connectivity index (χ3n) is 6.66. The van der Waals surface area contributed by atoms with Crippen molar-refractivity contribution in [3.05, 3.63) is 136 Å². The first-order chi connectivity index (χ1) is 20.8. The van der Waals surface area contributed by atoms with E-state index in [9.17, 15) is 13.2 Å². The molecule has 0 aliphatic carbocycles. The molecule has 0 aliphatic heterocycles. The van der Waals surface area contributed by atoms with Crippen LogP contribution in [-0.4, -0.2) is 36.5 Å². The van der Waals surface area contributed by atoms with Crippen LogP contribution in [0.3, 0.4) is 0 Å². The molecule has 5 aromatic rings. The molecule has 1 aromatic heterocycles. The van der Waals surface area contributed by atoms with Gasteiger partial charge >= 0.3 is 0 Å². The SMILES string of the molecule is Cc1nc(-c2ccccc2)sc1C(=O)NS(=O)(=O)c1ccc(CN(CCSc2ccccc2)Cc2ccccc2Cl)cc1. The number of thiazole rings is 1. The van der Waals surface area contributed by atoms with Crippen molar-refractivity contribution in [2.45, 2.75) is 29.8 Å². The quantitative estimate of drug-likeness (QED) is 0.140. The number of nitrogens with one attached hydrogen (secondary N) is 1. The van der Waals surface area contributed by atoms with Crippen molar-refractivity contribution < 1.29 is 13.2 Å². The van der Waals surface area contributed by atoms with Gasteiger partial charge in [0.05, 0.1) is 10.6 Å². The van der Waals surface area contributed by atoms with Crippen LogP contribution in [0.4, 0.5) is 0 Å². The highest BCUT2D eigenvalue weighted by Crippen LogP contribution is 2.28. The Morgan fingerprint density at radius 1 is 0.884 bits per heavy atom. The fraction of sp³-hybridized carbons (Fsp3) is 0.152. The minimum absolute atomic E-state index is 0.0207. The molecule has 5 rings (SSSR count). The lowest BCUT2D eigenvalue weighted by Gasteiger charge is -2.23. The number of carbonyl (C=O) groups excluding carboxylic acids is 1. The third kappa shape index (κ3) is 8.34. The van der Waals surface area contributed by atoms with Crippen molar-refractivity contribution in [2.75, 3.05) is 12.3 Å². The van der Waals surface area contributed by atoms with Gasteiger partial charge in [0.25, 0.3) is 15.9 Å². The van der Waals surface area contributed by atoms with Crippen LogP contribution in [-0.2, 0) is 23.1 Å². The molecule has 0 saturated carbocycles. The first-order valence-electron chi connectivity index (χ1n) is 13.6. The first kappa shape index (κ1) is 31.0. The number of sulfonamides is 1. The monoisotopic (exact) mass is 647 g/mol. The number of halogens is 1. The summed E-state index contributed by atoms with van der Waals surface area (Å²) < 4.78 is 28.4. The van der Waals surface area contributed by atoms with E-state index in [-0.39, 0.29) is 9.77 Å². The van der Waals surface area contributed by atoms with Crippen molar-refractivity contribution in [2.24, 2.45) is 0 Å². The van der Waals surface area contributed by atoms with Crippen LogP contribution in [0.5, 0.6) is 0 Å². The second kappa shape index (κ2) is 14.3. The summed E-state index contributed by atoms with van der Waals surface area (Å²) in [4.78, 5) is 21.2. The van der Waals surface area contributed by atoms with Crippen LogP contribution in [0.1, 0.15) is 26.5 Å². The van der Waals surface area contributed by atoms with Crippen LogP contribution in [0, 0.1) is 6.92 Å². The average Bonchev–Trinajstić information content (AvgIpc) is 3.41. The molecule has 0 bridgehead atoms. The largest absolute Gasteiger partial charge is 0.294 e. The van der Waals surface area contributed by atoms with E-state index in [2.05, 4.69) is 26.7 Å². The predicted molar refractivity (Wildman–Crippen MR) is 176 cm³/mol. The lowest BCUT2D eigenvalue weighted by Crippen LogP contribution is -2.30.